The predicted molar refractivity (Wildman–Crippen MR) is 78.1 cm³/mol. The first-order chi connectivity index (χ1) is 8.56. The fourth-order valence-corrected chi connectivity index (χ4v) is 2.20. The lowest BCUT2D eigenvalue weighted by molar-refractivity contribution is 0.408. The van der Waals surface area contributed by atoms with E-state index in [4.69, 9.17) is 4.74 Å². The van der Waals surface area contributed by atoms with E-state index in [-0.39, 0.29) is 0 Å². The van der Waals surface area contributed by atoms with Crippen LogP contribution in [0.5, 0.6) is 5.75 Å². The Hall–Kier alpha value is -1.02. The number of rotatable bonds is 7. The van der Waals surface area contributed by atoms with E-state index in [1.165, 1.54) is 24.0 Å². The topological polar surface area (TPSA) is 21.3 Å². The molecule has 0 fully saturated rings. The molecule has 0 bridgehead atoms. The van der Waals surface area contributed by atoms with Gasteiger partial charge in [0.1, 0.15) is 5.75 Å². The van der Waals surface area contributed by atoms with Crippen molar-refractivity contribution >= 4 is 0 Å². The van der Waals surface area contributed by atoms with Crippen molar-refractivity contribution < 1.29 is 4.74 Å². The summed E-state index contributed by atoms with van der Waals surface area (Å²) in [4.78, 5) is 0. The molecule has 0 amide bonds. The summed E-state index contributed by atoms with van der Waals surface area (Å²) in [5, 5.41) is 3.59. The lowest BCUT2D eigenvalue weighted by Crippen LogP contribution is -2.27. The number of benzene rings is 1. The Morgan fingerprint density at radius 2 is 2.00 bits per heavy atom. The standard InChI is InChI=1S/C16H27NO/c1-6-12(2)9-14(4)17-11-15-7-8-16(18-5)13(3)10-15/h7-8,10,12,14,17H,6,9,11H2,1-5H3. The van der Waals surface area contributed by atoms with Crippen molar-refractivity contribution in [2.75, 3.05) is 7.11 Å². The summed E-state index contributed by atoms with van der Waals surface area (Å²) in [5.74, 6) is 1.76. The van der Waals surface area contributed by atoms with Crippen LogP contribution in [0.1, 0.15) is 44.7 Å². The van der Waals surface area contributed by atoms with Crippen LogP contribution in [-0.2, 0) is 6.54 Å². The maximum absolute atomic E-state index is 5.27. The Bertz CT molecular complexity index is 362. The van der Waals surface area contributed by atoms with Crippen LogP contribution in [0.25, 0.3) is 0 Å². The Morgan fingerprint density at radius 3 is 2.56 bits per heavy atom. The van der Waals surface area contributed by atoms with E-state index < -0.39 is 0 Å². The van der Waals surface area contributed by atoms with Crippen molar-refractivity contribution in [3.63, 3.8) is 0 Å². The first-order valence-electron chi connectivity index (χ1n) is 6.93. The normalized spacial score (nSPS) is 14.3. The first-order valence-corrected chi connectivity index (χ1v) is 6.93. The molecule has 2 nitrogen and oxygen atoms in total. The smallest absolute Gasteiger partial charge is 0.121 e. The van der Waals surface area contributed by atoms with Gasteiger partial charge in [0, 0.05) is 12.6 Å². The van der Waals surface area contributed by atoms with Gasteiger partial charge in [-0.3, -0.25) is 0 Å². The molecule has 1 rings (SSSR count). The van der Waals surface area contributed by atoms with E-state index in [2.05, 4.69) is 45.1 Å². The summed E-state index contributed by atoms with van der Waals surface area (Å²) < 4.78 is 5.27. The molecule has 0 aliphatic heterocycles. The van der Waals surface area contributed by atoms with Gasteiger partial charge in [-0.25, -0.2) is 0 Å². The van der Waals surface area contributed by atoms with E-state index >= 15 is 0 Å². The third-order valence-corrected chi connectivity index (χ3v) is 3.57. The van der Waals surface area contributed by atoms with E-state index in [0.717, 1.165) is 18.2 Å². The van der Waals surface area contributed by atoms with Gasteiger partial charge in [-0.1, -0.05) is 32.4 Å². The second-order valence-electron chi connectivity index (χ2n) is 5.34. The molecule has 0 spiro atoms. The number of nitrogens with one attached hydrogen (secondary N) is 1. The number of ether oxygens (including phenoxy) is 1. The zero-order chi connectivity index (χ0) is 13.5. The van der Waals surface area contributed by atoms with Gasteiger partial charge >= 0.3 is 0 Å². The number of aryl methyl sites for hydroxylation is 1. The third-order valence-electron chi connectivity index (χ3n) is 3.57. The quantitative estimate of drug-likeness (QED) is 0.791. The molecule has 1 aromatic carbocycles. The molecule has 0 saturated carbocycles. The number of methoxy groups -OCH3 is 1. The molecule has 1 aromatic rings. The zero-order valence-electron chi connectivity index (χ0n) is 12.4. The molecule has 0 aliphatic rings. The second-order valence-corrected chi connectivity index (χ2v) is 5.34. The largest absolute Gasteiger partial charge is 0.496 e. The Morgan fingerprint density at radius 1 is 1.28 bits per heavy atom. The lowest BCUT2D eigenvalue weighted by atomic mass is 10.00. The van der Waals surface area contributed by atoms with Crippen LogP contribution >= 0.6 is 0 Å². The average Bonchev–Trinajstić information content (AvgIpc) is 2.36. The van der Waals surface area contributed by atoms with Gasteiger partial charge in [-0.05, 0) is 43.4 Å². The summed E-state index contributed by atoms with van der Waals surface area (Å²) in [5.41, 5.74) is 2.52. The van der Waals surface area contributed by atoms with Crippen LogP contribution in [0.3, 0.4) is 0 Å². The van der Waals surface area contributed by atoms with E-state index in [1.807, 2.05) is 6.07 Å². The highest BCUT2D eigenvalue weighted by Gasteiger charge is 2.07. The van der Waals surface area contributed by atoms with Crippen LogP contribution < -0.4 is 10.1 Å². The molecule has 0 aliphatic carbocycles. The van der Waals surface area contributed by atoms with Crippen LogP contribution in [0.15, 0.2) is 18.2 Å². The van der Waals surface area contributed by atoms with Crippen LogP contribution in [0, 0.1) is 12.8 Å². The van der Waals surface area contributed by atoms with E-state index in [0.29, 0.717) is 6.04 Å². The number of hydrogen-bond donors (Lipinski definition) is 1. The highest BCUT2D eigenvalue weighted by Crippen LogP contribution is 2.18. The van der Waals surface area contributed by atoms with Crippen molar-refractivity contribution in [2.24, 2.45) is 5.92 Å². The molecule has 2 heteroatoms. The molecule has 1 N–H and O–H groups in total. The van der Waals surface area contributed by atoms with Gasteiger partial charge < -0.3 is 10.1 Å². The second kappa shape index (κ2) is 7.42. The molecular formula is C16H27NO. The van der Waals surface area contributed by atoms with Crippen LogP contribution in [0.2, 0.25) is 0 Å². The molecule has 18 heavy (non-hydrogen) atoms. The highest BCUT2D eigenvalue weighted by molar-refractivity contribution is 5.36. The van der Waals surface area contributed by atoms with Gasteiger partial charge in [-0.15, -0.1) is 0 Å². The minimum atomic E-state index is 0.572. The van der Waals surface area contributed by atoms with Crippen molar-refractivity contribution in [3.8, 4) is 5.75 Å². The monoisotopic (exact) mass is 249 g/mol. The minimum Gasteiger partial charge on any atom is -0.496 e. The van der Waals surface area contributed by atoms with E-state index in [1.54, 1.807) is 7.11 Å². The molecule has 2 atom stereocenters. The van der Waals surface area contributed by atoms with Crippen molar-refractivity contribution in [1.29, 1.82) is 0 Å². The van der Waals surface area contributed by atoms with Gasteiger partial charge in [-0.2, -0.15) is 0 Å². The molecule has 0 radical (unpaired) electrons. The van der Waals surface area contributed by atoms with E-state index in [9.17, 15) is 0 Å². The molecular weight excluding hydrogens is 222 g/mol. The van der Waals surface area contributed by atoms with Crippen molar-refractivity contribution in [1.82, 2.24) is 5.32 Å². The van der Waals surface area contributed by atoms with Gasteiger partial charge in [0.15, 0.2) is 0 Å². The molecule has 0 heterocycles. The average molecular weight is 249 g/mol. The first kappa shape index (κ1) is 15.0. The van der Waals surface area contributed by atoms with Crippen molar-refractivity contribution in [2.45, 2.75) is 53.1 Å². The maximum atomic E-state index is 5.27. The lowest BCUT2D eigenvalue weighted by Gasteiger charge is -2.18. The number of hydrogen-bond acceptors (Lipinski definition) is 2. The summed E-state index contributed by atoms with van der Waals surface area (Å²) >= 11 is 0. The van der Waals surface area contributed by atoms with Gasteiger partial charge in [0.2, 0.25) is 0 Å². The summed E-state index contributed by atoms with van der Waals surface area (Å²) in [7, 11) is 1.72. The summed E-state index contributed by atoms with van der Waals surface area (Å²) in [6.07, 6.45) is 2.50. The summed E-state index contributed by atoms with van der Waals surface area (Å²) in [6, 6.07) is 6.95. The Kier molecular flexibility index (Phi) is 6.20. The van der Waals surface area contributed by atoms with Crippen LogP contribution in [-0.4, -0.2) is 13.2 Å². The fourth-order valence-electron chi connectivity index (χ4n) is 2.20. The minimum absolute atomic E-state index is 0.572. The maximum Gasteiger partial charge on any atom is 0.121 e. The van der Waals surface area contributed by atoms with Crippen LogP contribution in [0.4, 0.5) is 0 Å². The SMILES string of the molecule is CCC(C)CC(C)NCc1ccc(OC)c(C)c1. The van der Waals surface area contributed by atoms with Crippen molar-refractivity contribution in [3.05, 3.63) is 29.3 Å². The summed E-state index contributed by atoms with van der Waals surface area (Å²) in [6.45, 7) is 9.86. The van der Waals surface area contributed by atoms with Gasteiger partial charge in [0.05, 0.1) is 7.11 Å². The molecule has 102 valence electrons. The zero-order valence-corrected chi connectivity index (χ0v) is 12.4. The highest BCUT2D eigenvalue weighted by atomic mass is 16.5. The molecule has 0 saturated heterocycles. The third kappa shape index (κ3) is 4.69. The fraction of sp³-hybridized carbons (Fsp3) is 0.625. The Balaban J connectivity index is 2.46. The molecule has 2 unspecified atom stereocenters. The molecule has 0 aromatic heterocycles. The van der Waals surface area contributed by atoms with Gasteiger partial charge in [0.25, 0.3) is 0 Å². The Labute approximate surface area is 112 Å². The predicted octanol–water partition coefficient (Wildman–Crippen LogP) is 3.92.